The first-order chi connectivity index (χ1) is 9.49. The van der Waals surface area contributed by atoms with E-state index < -0.39 is 6.04 Å². The highest BCUT2D eigenvalue weighted by atomic mass is 79.9. The van der Waals surface area contributed by atoms with Crippen molar-refractivity contribution in [2.45, 2.75) is 25.4 Å². The first-order valence-electron chi connectivity index (χ1n) is 6.38. The Hall–Kier alpha value is -1.11. The van der Waals surface area contributed by atoms with Crippen molar-refractivity contribution in [1.29, 1.82) is 0 Å². The van der Waals surface area contributed by atoms with Gasteiger partial charge in [0.25, 0.3) is 0 Å². The second kappa shape index (κ2) is 8.24. The van der Waals surface area contributed by atoms with Crippen LogP contribution in [0.3, 0.4) is 0 Å². The van der Waals surface area contributed by atoms with E-state index in [1.54, 1.807) is 14.2 Å². The number of benzene rings is 1. The highest BCUT2D eigenvalue weighted by Gasteiger charge is 2.17. The molecule has 0 heterocycles. The molecule has 0 saturated carbocycles. The van der Waals surface area contributed by atoms with E-state index in [1.165, 1.54) is 0 Å². The van der Waals surface area contributed by atoms with Crippen molar-refractivity contribution in [3.8, 4) is 5.75 Å². The fourth-order valence-corrected chi connectivity index (χ4v) is 2.29. The molecule has 0 aliphatic carbocycles. The predicted octanol–water partition coefficient (Wildman–Crippen LogP) is 2.00. The summed E-state index contributed by atoms with van der Waals surface area (Å²) < 4.78 is 10.9. The van der Waals surface area contributed by atoms with Gasteiger partial charge in [0.05, 0.1) is 23.7 Å². The Balaban J connectivity index is 2.64. The van der Waals surface area contributed by atoms with E-state index >= 15 is 0 Å². The lowest BCUT2D eigenvalue weighted by Gasteiger charge is -2.18. The second-order valence-corrected chi connectivity index (χ2v) is 5.37. The fourth-order valence-electron chi connectivity index (χ4n) is 1.73. The van der Waals surface area contributed by atoms with Crippen molar-refractivity contribution >= 4 is 21.8 Å². The Labute approximate surface area is 127 Å². The van der Waals surface area contributed by atoms with Gasteiger partial charge in [0.15, 0.2) is 0 Å². The molecule has 5 nitrogen and oxygen atoms in total. The quantitative estimate of drug-likeness (QED) is 0.793. The van der Waals surface area contributed by atoms with Crippen molar-refractivity contribution < 1.29 is 14.3 Å². The van der Waals surface area contributed by atoms with Gasteiger partial charge in [0.1, 0.15) is 5.75 Å². The van der Waals surface area contributed by atoms with Crippen LogP contribution in [-0.4, -0.2) is 32.8 Å². The molecule has 112 valence electrons. The van der Waals surface area contributed by atoms with Gasteiger partial charge in [-0.1, -0.05) is 6.07 Å². The van der Waals surface area contributed by atoms with Crippen LogP contribution in [0.2, 0.25) is 0 Å². The van der Waals surface area contributed by atoms with Crippen LogP contribution in [0.5, 0.6) is 5.75 Å². The molecule has 0 saturated heterocycles. The maximum absolute atomic E-state index is 11.9. The molecule has 0 spiro atoms. The van der Waals surface area contributed by atoms with Gasteiger partial charge < -0.3 is 20.5 Å². The van der Waals surface area contributed by atoms with E-state index in [-0.39, 0.29) is 11.9 Å². The molecular weight excluding hydrogens is 324 g/mol. The van der Waals surface area contributed by atoms with Crippen LogP contribution in [0, 0.1) is 0 Å². The van der Waals surface area contributed by atoms with Crippen LogP contribution >= 0.6 is 15.9 Å². The summed E-state index contributed by atoms with van der Waals surface area (Å²) in [5.74, 6) is 0.575. The topological polar surface area (TPSA) is 73.6 Å². The van der Waals surface area contributed by atoms with Gasteiger partial charge in [0, 0.05) is 13.7 Å². The number of hydrogen-bond donors (Lipinski definition) is 2. The minimum absolute atomic E-state index is 0.127. The van der Waals surface area contributed by atoms with E-state index in [9.17, 15) is 4.79 Å². The maximum Gasteiger partial charge on any atom is 0.237 e. The normalized spacial score (nSPS) is 13.7. The largest absolute Gasteiger partial charge is 0.496 e. The molecular formula is C14H21BrN2O3. The lowest BCUT2D eigenvalue weighted by Crippen LogP contribution is -2.42. The molecule has 3 N–H and O–H groups in total. The summed E-state index contributed by atoms with van der Waals surface area (Å²) in [6, 6.07) is 5.00. The summed E-state index contributed by atoms with van der Waals surface area (Å²) in [7, 11) is 3.20. The number of methoxy groups -OCH3 is 2. The number of halogens is 1. The smallest absolute Gasteiger partial charge is 0.237 e. The van der Waals surface area contributed by atoms with Gasteiger partial charge in [-0.3, -0.25) is 4.79 Å². The van der Waals surface area contributed by atoms with Crippen LogP contribution in [0.1, 0.15) is 24.9 Å². The van der Waals surface area contributed by atoms with Gasteiger partial charge in [-0.15, -0.1) is 0 Å². The van der Waals surface area contributed by atoms with Crippen LogP contribution in [0.25, 0.3) is 0 Å². The Morgan fingerprint density at radius 2 is 2.15 bits per heavy atom. The Morgan fingerprint density at radius 1 is 1.45 bits per heavy atom. The van der Waals surface area contributed by atoms with Gasteiger partial charge in [-0.05, 0) is 47.0 Å². The first kappa shape index (κ1) is 16.9. The van der Waals surface area contributed by atoms with E-state index in [1.807, 2.05) is 25.1 Å². The van der Waals surface area contributed by atoms with Crippen LogP contribution in [0.4, 0.5) is 0 Å². The zero-order chi connectivity index (χ0) is 15.1. The summed E-state index contributed by atoms with van der Waals surface area (Å²) in [6.45, 7) is 2.38. The SMILES string of the molecule is COCCC(N)C(=O)NC(C)c1ccc(OC)c(Br)c1. The fraction of sp³-hybridized carbons (Fsp3) is 0.500. The zero-order valence-electron chi connectivity index (χ0n) is 12.0. The van der Waals surface area contributed by atoms with Crippen molar-refractivity contribution in [2.75, 3.05) is 20.8 Å². The molecule has 1 amide bonds. The molecule has 2 atom stereocenters. The zero-order valence-corrected chi connectivity index (χ0v) is 13.6. The van der Waals surface area contributed by atoms with Crippen molar-refractivity contribution in [2.24, 2.45) is 5.73 Å². The summed E-state index contributed by atoms with van der Waals surface area (Å²) in [5.41, 5.74) is 6.76. The van der Waals surface area contributed by atoms with E-state index in [2.05, 4.69) is 21.2 Å². The molecule has 1 aromatic rings. The number of nitrogens with one attached hydrogen (secondary N) is 1. The lowest BCUT2D eigenvalue weighted by molar-refractivity contribution is -0.123. The number of hydrogen-bond acceptors (Lipinski definition) is 4. The van der Waals surface area contributed by atoms with Crippen LogP contribution < -0.4 is 15.8 Å². The molecule has 1 aromatic carbocycles. The monoisotopic (exact) mass is 344 g/mol. The summed E-state index contributed by atoms with van der Waals surface area (Å²) in [4.78, 5) is 11.9. The number of amides is 1. The molecule has 0 fully saturated rings. The minimum Gasteiger partial charge on any atom is -0.496 e. The summed E-state index contributed by atoms with van der Waals surface area (Å²) in [6.07, 6.45) is 0.501. The van der Waals surface area contributed by atoms with E-state index in [0.29, 0.717) is 13.0 Å². The number of carbonyl (C=O) groups is 1. The molecule has 0 aliphatic rings. The molecule has 1 rings (SSSR count). The standard InChI is InChI=1S/C14H21BrN2O3/c1-9(17-14(18)12(16)6-7-19-2)10-4-5-13(20-3)11(15)8-10/h4-5,8-9,12H,6-7,16H2,1-3H3,(H,17,18). The van der Waals surface area contributed by atoms with Gasteiger partial charge in [-0.2, -0.15) is 0 Å². The Morgan fingerprint density at radius 3 is 2.70 bits per heavy atom. The predicted molar refractivity (Wildman–Crippen MR) is 81.7 cm³/mol. The summed E-state index contributed by atoms with van der Waals surface area (Å²) >= 11 is 3.43. The average molecular weight is 345 g/mol. The lowest BCUT2D eigenvalue weighted by atomic mass is 10.1. The third-order valence-electron chi connectivity index (χ3n) is 3.00. The number of nitrogens with two attached hydrogens (primary N) is 1. The van der Waals surface area contributed by atoms with Gasteiger partial charge >= 0.3 is 0 Å². The average Bonchev–Trinajstić information content (AvgIpc) is 2.44. The maximum atomic E-state index is 11.9. The van der Waals surface area contributed by atoms with Crippen molar-refractivity contribution in [3.05, 3.63) is 28.2 Å². The first-order valence-corrected chi connectivity index (χ1v) is 7.17. The van der Waals surface area contributed by atoms with Crippen molar-refractivity contribution in [3.63, 3.8) is 0 Å². The minimum atomic E-state index is -0.556. The second-order valence-electron chi connectivity index (χ2n) is 4.51. The number of ether oxygens (including phenoxy) is 2. The Kier molecular flexibility index (Phi) is 6.98. The third kappa shape index (κ3) is 4.77. The summed E-state index contributed by atoms with van der Waals surface area (Å²) in [5, 5.41) is 2.89. The highest BCUT2D eigenvalue weighted by Crippen LogP contribution is 2.27. The highest BCUT2D eigenvalue weighted by molar-refractivity contribution is 9.10. The molecule has 0 aliphatic heterocycles. The molecule has 0 radical (unpaired) electrons. The van der Waals surface area contributed by atoms with E-state index in [4.69, 9.17) is 15.2 Å². The third-order valence-corrected chi connectivity index (χ3v) is 3.62. The van der Waals surface area contributed by atoms with Gasteiger partial charge in [0.2, 0.25) is 5.91 Å². The van der Waals surface area contributed by atoms with Crippen LogP contribution in [0.15, 0.2) is 22.7 Å². The number of carbonyl (C=O) groups excluding carboxylic acids is 1. The number of rotatable bonds is 7. The molecule has 2 unspecified atom stereocenters. The van der Waals surface area contributed by atoms with E-state index in [0.717, 1.165) is 15.8 Å². The van der Waals surface area contributed by atoms with Gasteiger partial charge in [-0.25, -0.2) is 0 Å². The molecule has 6 heteroatoms. The molecule has 20 heavy (non-hydrogen) atoms. The Bertz CT molecular complexity index is 454. The molecule has 0 aromatic heterocycles. The molecule has 0 bridgehead atoms. The van der Waals surface area contributed by atoms with Crippen LogP contribution in [-0.2, 0) is 9.53 Å². The van der Waals surface area contributed by atoms with Crippen molar-refractivity contribution in [1.82, 2.24) is 5.32 Å².